The Hall–Kier alpha value is -2.44. The minimum absolute atomic E-state index is 0.0232. The first-order valence-electron chi connectivity index (χ1n) is 9.76. The molecule has 1 saturated heterocycles. The molecule has 2 aromatic rings. The van der Waals surface area contributed by atoms with Crippen LogP contribution in [0.1, 0.15) is 18.4 Å². The molecule has 2 aromatic carbocycles. The van der Waals surface area contributed by atoms with Gasteiger partial charge in [0.2, 0.25) is 0 Å². The van der Waals surface area contributed by atoms with Crippen molar-refractivity contribution in [2.75, 3.05) is 45.8 Å². The first-order valence-corrected chi connectivity index (χ1v) is 9.76. The monoisotopic (exact) mass is 386 g/mol. The van der Waals surface area contributed by atoms with Crippen LogP contribution in [0.5, 0.6) is 17.2 Å². The van der Waals surface area contributed by atoms with Crippen molar-refractivity contribution in [1.82, 2.24) is 4.90 Å². The van der Waals surface area contributed by atoms with Crippen LogP contribution in [0, 0.1) is 0 Å². The zero-order valence-electron chi connectivity index (χ0n) is 16.7. The minimum atomic E-state index is 0.0232. The Bertz CT molecular complexity index is 753. The van der Waals surface area contributed by atoms with Crippen LogP contribution in [0.2, 0.25) is 0 Å². The molecule has 1 heterocycles. The second-order valence-corrected chi connectivity index (χ2v) is 6.97. The summed E-state index contributed by atoms with van der Waals surface area (Å²) in [5.74, 6) is 2.32. The molecule has 1 atom stereocenters. The smallest absolute Gasteiger partial charge is 0.162 e. The van der Waals surface area contributed by atoms with Gasteiger partial charge in [0.1, 0.15) is 12.4 Å². The number of likely N-dealkylation sites (tertiary alicyclic amines) is 1. The molecule has 0 bridgehead atoms. The van der Waals surface area contributed by atoms with Crippen molar-refractivity contribution < 1.29 is 19.3 Å². The molecular weight excluding hydrogens is 356 g/mol. The van der Waals surface area contributed by atoms with E-state index in [1.807, 2.05) is 36.4 Å². The molecule has 2 N–H and O–H groups in total. The van der Waals surface area contributed by atoms with E-state index in [-0.39, 0.29) is 6.61 Å². The van der Waals surface area contributed by atoms with E-state index in [1.165, 1.54) is 0 Å². The molecule has 1 aliphatic rings. The second kappa shape index (κ2) is 10.2. The van der Waals surface area contributed by atoms with Gasteiger partial charge in [-0.15, -0.1) is 0 Å². The number of para-hydroxylation sites is 1. The van der Waals surface area contributed by atoms with Crippen molar-refractivity contribution in [3.63, 3.8) is 0 Å². The number of benzene rings is 2. The van der Waals surface area contributed by atoms with E-state index in [1.54, 1.807) is 14.2 Å². The van der Waals surface area contributed by atoms with E-state index in [9.17, 15) is 0 Å². The minimum Gasteiger partial charge on any atom is -0.493 e. The Labute approximate surface area is 167 Å². The third-order valence-corrected chi connectivity index (χ3v) is 4.98. The van der Waals surface area contributed by atoms with Gasteiger partial charge in [-0.25, -0.2) is 0 Å². The fourth-order valence-electron chi connectivity index (χ4n) is 3.65. The first kappa shape index (κ1) is 20.3. The van der Waals surface area contributed by atoms with Crippen LogP contribution in [-0.4, -0.2) is 56.6 Å². The van der Waals surface area contributed by atoms with Gasteiger partial charge in [0.15, 0.2) is 11.5 Å². The zero-order chi connectivity index (χ0) is 19.8. The van der Waals surface area contributed by atoms with Gasteiger partial charge in [0.25, 0.3) is 0 Å². The molecule has 6 nitrogen and oxygen atoms in total. The number of hydrogen-bond acceptors (Lipinski definition) is 6. The summed E-state index contributed by atoms with van der Waals surface area (Å²) in [5.41, 5.74) is 2.19. The number of hydrogen-bond donors (Lipinski definition) is 2. The highest BCUT2D eigenvalue weighted by molar-refractivity contribution is 5.55. The molecule has 0 saturated carbocycles. The molecule has 0 unspecified atom stereocenters. The SMILES string of the molecule is COc1ccc(N[C@H]2CCCN(Cc3ccccc3OCCO)C2)cc1OC. The van der Waals surface area contributed by atoms with Crippen molar-refractivity contribution in [2.45, 2.75) is 25.4 Å². The van der Waals surface area contributed by atoms with Gasteiger partial charge in [-0.3, -0.25) is 4.90 Å². The quantitative estimate of drug-likeness (QED) is 0.690. The maximum atomic E-state index is 9.02. The van der Waals surface area contributed by atoms with E-state index in [0.717, 1.165) is 61.0 Å². The van der Waals surface area contributed by atoms with Crippen LogP contribution >= 0.6 is 0 Å². The van der Waals surface area contributed by atoms with Crippen molar-refractivity contribution in [2.24, 2.45) is 0 Å². The van der Waals surface area contributed by atoms with Crippen LogP contribution in [-0.2, 0) is 6.54 Å². The number of aliphatic hydroxyl groups is 1. The average Bonchev–Trinajstić information content (AvgIpc) is 2.73. The summed E-state index contributed by atoms with van der Waals surface area (Å²) >= 11 is 0. The Balaban J connectivity index is 1.62. The van der Waals surface area contributed by atoms with Crippen LogP contribution in [0.25, 0.3) is 0 Å². The molecule has 0 spiro atoms. The Morgan fingerprint density at radius 3 is 2.68 bits per heavy atom. The van der Waals surface area contributed by atoms with Gasteiger partial charge in [-0.1, -0.05) is 18.2 Å². The summed E-state index contributed by atoms with van der Waals surface area (Å²) in [6.45, 7) is 3.21. The van der Waals surface area contributed by atoms with Gasteiger partial charge >= 0.3 is 0 Å². The molecule has 0 aliphatic carbocycles. The van der Waals surface area contributed by atoms with Crippen LogP contribution in [0.15, 0.2) is 42.5 Å². The van der Waals surface area contributed by atoms with E-state index >= 15 is 0 Å². The topological polar surface area (TPSA) is 63.2 Å². The third-order valence-electron chi connectivity index (χ3n) is 4.98. The maximum absolute atomic E-state index is 9.02. The standard InChI is InChI=1S/C22H30N2O4/c1-26-21-10-9-18(14-22(21)27-2)23-19-7-5-11-24(16-19)15-17-6-3-4-8-20(17)28-13-12-25/h3-4,6,8-10,14,19,23,25H,5,7,11-13,15-16H2,1-2H3/t19-/m0/s1. The summed E-state index contributed by atoms with van der Waals surface area (Å²) in [4.78, 5) is 2.45. The fraction of sp³-hybridized carbons (Fsp3) is 0.455. The molecule has 0 radical (unpaired) electrons. The Morgan fingerprint density at radius 1 is 1.07 bits per heavy atom. The highest BCUT2D eigenvalue weighted by atomic mass is 16.5. The predicted molar refractivity (Wildman–Crippen MR) is 110 cm³/mol. The maximum Gasteiger partial charge on any atom is 0.162 e. The normalized spacial score (nSPS) is 17.2. The molecule has 1 fully saturated rings. The van der Waals surface area contributed by atoms with Gasteiger partial charge in [0, 0.05) is 36.4 Å². The first-order chi connectivity index (χ1) is 13.7. The van der Waals surface area contributed by atoms with Crippen molar-refractivity contribution in [1.29, 1.82) is 0 Å². The summed E-state index contributed by atoms with van der Waals surface area (Å²) < 4.78 is 16.4. The second-order valence-electron chi connectivity index (χ2n) is 6.97. The van der Waals surface area contributed by atoms with E-state index in [2.05, 4.69) is 16.3 Å². The van der Waals surface area contributed by atoms with E-state index in [4.69, 9.17) is 19.3 Å². The van der Waals surface area contributed by atoms with Crippen molar-refractivity contribution in [3.05, 3.63) is 48.0 Å². The molecule has 1 aliphatic heterocycles. The number of aliphatic hydroxyl groups excluding tert-OH is 1. The van der Waals surface area contributed by atoms with Gasteiger partial charge in [-0.05, 0) is 37.6 Å². The highest BCUT2D eigenvalue weighted by Crippen LogP contribution is 2.31. The number of methoxy groups -OCH3 is 2. The van der Waals surface area contributed by atoms with Crippen molar-refractivity contribution in [3.8, 4) is 17.2 Å². The van der Waals surface area contributed by atoms with Crippen molar-refractivity contribution >= 4 is 5.69 Å². The molecule has 0 amide bonds. The number of anilines is 1. The predicted octanol–water partition coefficient (Wildman–Crippen LogP) is 3.15. The lowest BCUT2D eigenvalue weighted by atomic mass is 10.0. The van der Waals surface area contributed by atoms with Crippen LogP contribution in [0.3, 0.4) is 0 Å². The van der Waals surface area contributed by atoms with Gasteiger partial charge in [0.05, 0.1) is 20.8 Å². The molecular formula is C22H30N2O4. The number of ether oxygens (including phenoxy) is 3. The number of piperidine rings is 1. The number of nitrogens with one attached hydrogen (secondary N) is 1. The summed E-state index contributed by atoms with van der Waals surface area (Å²) in [5, 5.41) is 12.7. The fourth-order valence-corrected chi connectivity index (χ4v) is 3.65. The lowest BCUT2D eigenvalue weighted by Crippen LogP contribution is -2.41. The van der Waals surface area contributed by atoms with E-state index < -0.39 is 0 Å². The van der Waals surface area contributed by atoms with Gasteiger partial charge in [-0.2, -0.15) is 0 Å². The van der Waals surface area contributed by atoms with Gasteiger partial charge < -0.3 is 24.6 Å². The van der Waals surface area contributed by atoms with Crippen LogP contribution < -0.4 is 19.5 Å². The Kier molecular flexibility index (Phi) is 7.39. The van der Waals surface area contributed by atoms with Crippen LogP contribution in [0.4, 0.5) is 5.69 Å². The molecule has 152 valence electrons. The largest absolute Gasteiger partial charge is 0.493 e. The molecule has 6 heteroatoms. The molecule has 3 rings (SSSR count). The summed E-state index contributed by atoms with van der Waals surface area (Å²) in [7, 11) is 3.30. The lowest BCUT2D eigenvalue weighted by molar-refractivity contribution is 0.189. The number of rotatable bonds is 9. The third kappa shape index (κ3) is 5.30. The van der Waals surface area contributed by atoms with E-state index in [0.29, 0.717) is 12.6 Å². The molecule has 28 heavy (non-hydrogen) atoms. The zero-order valence-corrected chi connectivity index (χ0v) is 16.7. The summed E-state index contributed by atoms with van der Waals surface area (Å²) in [6.07, 6.45) is 2.28. The Morgan fingerprint density at radius 2 is 1.89 bits per heavy atom. The number of nitrogens with zero attached hydrogens (tertiary/aromatic N) is 1. The summed E-state index contributed by atoms with van der Waals surface area (Å²) in [6, 6.07) is 14.4. The highest BCUT2D eigenvalue weighted by Gasteiger charge is 2.21. The lowest BCUT2D eigenvalue weighted by Gasteiger charge is -2.34. The average molecular weight is 386 g/mol. The molecule has 0 aromatic heterocycles.